The highest BCUT2D eigenvalue weighted by atomic mass is 16.5. The normalized spacial score (nSPS) is 13.5. The third-order valence-corrected chi connectivity index (χ3v) is 5.87. The number of carbonyl (C=O) groups is 2. The Morgan fingerprint density at radius 1 is 1.06 bits per heavy atom. The van der Waals surface area contributed by atoms with Crippen LogP contribution in [0.2, 0.25) is 0 Å². The molecule has 2 N–H and O–H groups in total. The number of benzene rings is 2. The fraction of sp³-hybridized carbons (Fsp3) is 0.346. The molecule has 3 aromatic rings. The Hall–Kier alpha value is -3.65. The molecule has 0 unspecified atom stereocenters. The number of aryl methyl sites for hydroxylation is 1. The van der Waals surface area contributed by atoms with E-state index in [1.54, 1.807) is 7.11 Å². The number of morpholine rings is 1. The number of para-hydroxylation sites is 1. The van der Waals surface area contributed by atoms with Gasteiger partial charge in [0.05, 0.1) is 25.8 Å². The zero-order valence-electron chi connectivity index (χ0n) is 19.6. The van der Waals surface area contributed by atoms with Gasteiger partial charge in [0.15, 0.2) is 0 Å². The van der Waals surface area contributed by atoms with E-state index < -0.39 is 0 Å². The van der Waals surface area contributed by atoms with Crippen molar-refractivity contribution in [3.8, 4) is 5.75 Å². The van der Waals surface area contributed by atoms with Gasteiger partial charge in [-0.15, -0.1) is 0 Å². The van der Waals surface area contributed by atoms with Crippen molar-refractivity contribution in [3.05, 3.63) is 59.7 Å². The van der Waals surface area contributed by atoms with Gasteiger partial charge >= 0.3 is 0 Å². The highest BCUT2D eigenvalue weighted by Crippen LogP contribution is 2.26. The molecule has 2 amide bonds. The van der Waals surface area contributed by atoms with Gasteiger partial charge in [0.2, 0.25) is 11.8 Å². The second kappa shape index (κ2) is 11.0. The van der Waals surface area contributed by atoms with Crippen LogP contribution in [-0.4, -0.2) is 50.2 Å². The number of ether oxygens (including phenoxy) is 2. The van der Waals surface area contributed by atoms with E-state index in [0.29, 0.717) is 25.4 Å². The van der Waals surface area contributed by atoms with Crippen molar-refractivity contribution in [3.63, 3.8) is 0 Å². The summed E-state index contributed by atoms with van der Waals surface area (Å²) in [6, 6.07) is 15.3. The molecule has 2 aromatic carbocycles. The van der Waals surface area contributed by atoms with Gasteiger partial charge < -0.3 is 25.0 Å². The minimum absolute atomic E-state index is 0.100. The Labute approximate surface area is 199 Å². The highest BCUT2D eigenvalue weighted by molar-refractivity contribution is 5.96. The molecule has 8 heteroatoms. The highest BCUT2D eigenvalue weighted by Gasteiger charge is 2.15. The maximum Gasteiger partial charge on any atom is 0.224 e. The molecule has 1 fully saturated rings. The summed E-state index contributed by atoms with van der Waals surface area (Å²) in [5.74, 6) is 1.28. The van der Waals surface area contributed by atoms with Crippen molar-refractivity contribution in [2.24, 2.45) is 0 Å². The van der Waals surface area contributed by atoms with Crippen LogP contribution in [-0.2, 0) is 20.9 Å². The average molecular weight is 463 g/mol. The summed E-state index contributed by atoms with van der Waals surface area (Å²) in [6.45, 7) is 5.49. The monoisotopic (exact) mass is 462 g/mol. The molecule has 178 valence electrons. The van der Waals surface area contributed by atoms with Crippen LogP contribution in [0, 0.1) is 6.92 Å². The standard InChI is InChI=1S/C26H30N4O4/c1-18-15-24(30-11-13-34-14-12-30)29-22-8-7-20(16-21(18)22)28-26(32)10-9-25(31)27-17-19-5-3-4-6-23(19)33-2/h3-8,15-16H,9-14,17H2,1-2H3,(H,27,31)(H,28,32). The summed E-state index contributed by atoms with van der Waals surface area (Å²) < 4.78 is 10.7. The number of aromatic nitrogens is 1. The molecule has 4 rings (SSSR count). The summed E-state index contributed by atoms with van der Waals surface area (Å²) in [4.78, 5) is 31.7. The number of hydrogen-bond donors (Lipinski definition) is 2. The van der Waals surface area contributed by atoms with Gasteiger partial charge in [0.25, 0.3) is 0 Å². The lowest BCUT2D eigenvalue weighted by Crippen LogP contribution is -2.36. The maximum atomic E-state index is 12.4. The summed E-state index contributed by atoms with van der Waals surface area (Å²) in [6.07, 6.45) is 0.209. The number of nitrogens with zero attached hydrogens (tertiary/aromatic N) is 2. The third kappa shape index (κ3) is 5.82. The minimum atomic E-state index is -0.206. The Morgan fingerprint density at radius 3 is 2.62 bits per heavy atom. The Balaban J connectivity index is 1.31. The molecule has 0 atom stereocenters. The number of hydrogen-bond acceptors (Lipinski definition) is 6. The molecule has 34 heavy (non-hydrogen) atoms. The van der Waals surface area contributed by atoms with E-state index in [1.165, 1.54) is 0 Å². The summed E-state index contributed by atoms with van der Waals surface area (Å²) in [5, 5.41) is 6.72. The van der Waals surface area contributed by atoms with Crippen molar-refractivity contribution in [1.29, 1.82) is 0 Å². The Bertz CT molecular complexity index is 1170. The zero-order chi connectivity index (χ0) is 23.9. The van der Waals surface area contributed by atoms with Crippen molar-refractivity contribution in [2.75, 3.05) is 43.6 Å². The molecule has 2 heterocycles. The maximum absolute atomic E-state index is 12.4. The number of anilines is 2. The van der Waals surface area contributed by atoms with E-state index in [1.807, 2.05) is 49.4 Å². The van der Waals surface area contributed by atoms with E-state index in [2.05, 4.69) is 21.6 Å². The first-order valence-electron chi connectivity index (χ1n) is 11.5. The first-order valence-corrected chi connectivity index (χ1v) is 11.5. The van der Waals surface area contributed by atoms with Crippen LogP contribution in [0.4, 0.5) is 11.5 Å². The van der Waals surface area contributed by atoms with Crippen LogP contribution in [0.1, 0.15) is 24.0 Å². The van der Waals surface area contributed by atoms with Crippen molar-refractivity contribution < 1.29 is 19.1 Å². The van der Waals surface area contributed by atoms with Gasteiger partial charge in [-0.25, -0.2) is 4.98 Å². The van der Waals surface area contributed by atoms with Gasteiger partial charge in [-0.05, 0) is 42.8 Å². The second-order valence-electron chi connectivity index (χ2n) is 8.27. The molecule has 1 saturated heterocycles. The van der Waals surface area contributed by atoms with E-state index in [9.17, 15) is 9.59 Å². The van der Waals surface area contributed by atoms with E-state index in [-0.39, 0.29) is 24.7 Å². The van der Waals surface area contributed by atoms with Gasteiger partial charge in [-0.3, -0.25) is 9.59 Å². The number of fused-ring (bicyclic) bond motifs is 1. The quantitative estimate of drug-likeness (QED) is 0.533. The first kappa shape index (κ1) is 23.5. The first-order chi connectivity index (χ1) is 16.5. The van der Waals surface area contributed by atoms with Crippen LogP contribution >= 0.6 is 0 Å². The predicted octanol–water partition coefficient (Wildman–Crippen LogP) is 3.42. The van der Waals surface area contributed by atoms with Gasteiger partial charge in [-0.2, -0.15) is 0 Å². The molecule has 1 aromatic heterocycles. The molecular weight excluding hydrogens is 432 g/mol. The van der Waals surface area contributed by atoms with Gasteiger partial charge in [0, 0.05) is 49.1 Å². The van der Waals surface area contributed by atoms with Crippen LogP contribution in [0.25, 0.3) is 10.9 Å². The SMILES string of the molecule is COc1ccccc1CNC(=O)CCC(=O)Nc1ccc2nc(N3CCOCC3)cc(C)c2c1. The number of amides is 2. The van der Waals surface area contributed by atoms with Crippen LogP contribution < -0.4 is 20.3 Å². The van der Waals surface area contributed by atoms with Crippen molar-refractivity contribution >= 4 is 34.2 Å². The van der Waals surface area contributed by atoms with Crippen LogP contribution in [0.5, 0.6) is 5.75 Å². The van der Waals surface area contributed by atoms with E-state index in [4.69, 9.17) is 14.5 Å². The molecule has 0 bridgehead atoms. The number of nitrogens with one attached hydrogen (secondary N) is 2. The molecule has 1 aliphatic heterocycles. The van der Waals surface area contributed by atoms with Crippen molar-refractivity contribution in [1.82, 2.24) is 10.3 Å². The van der Waals surface area contributed by atoms with Crippen LogP contribution in [0.3, 0.4) is 0 Å². The Kier molecular flexibility index (Phi) is 7.59. The van der Waals surface area contributed by atoms with Gasteiger partial charge in [-0.1, -0.05) is 18.2 Å². The number of carbonyl (C=O) groups excluding carboxylic acids is 2. The lowest BCUT2D eigenvalue weighted by molar-refractivity contribution is -0.124. The molecule has 8 nitrogen and oxygen atoms in total. The van der Waals surface area contributed by atoms with E-state index >= 15 is 0 Å². The summed E-state index contributed by atoms with van der Waals surface area (Å²) in [5.41, 5.74) is 3.56. The predicted molar refractivity (Wildman–Crippen MR) is 132 cm³/mol. The summed E-state index contributed by atoms with van der Waals surface area (Å²) >= 11 is 0. The molecule has 0 saturated carbocycles. The molecular formula is C26H30N4O4. The molecule has 1 aliphatic rings. The lowest BCUT2D eigenvalue weighted by atomic mass is 10.1. The number of methoxy groups -OCH3 is 1. The van der Waals surface area contributed by atoms with Gasteiger partial charge in [0.1, 0.15) is 11.6 Å². The molecule has 0 aliphatic carbocycles. The fourth-order valence-corrected chi connectivity index (χ4v) is 3.99. The topological polar surface area (TPSA) is 92.8 Å². The van der Waals surface area contributed by atoms with Crippen LogP contribution in [0.15, 0.2) is 48.5 Å². The third-order valence-electron chi connectivity index (χ3n) is 5.87. The number of rotatable bonds is 8. The molecule has 0 radical (unpaired) electrons. The minimum Gasteiger partial charge on any atom is -0.496 e. The average Bonchev–Trinajstić information content (AvgIpc) is 2.87. The largest absolute Gasteiger partial charge is 0.496 e. The smallest absolute Gasteiger partial charge is 0.224 e. The lowest BCUT2D eigenvalue weighted by Gasteiger charge is -2.28. The zero-order valence-corrected chi connectivity index (χ0v) is 19.6. The Morgan fingerprint density at radius 2 is 1.82 bits per heavy atom. The summed E-state index contributed by atoms with van der Waals surface area (Å²) in [7, 11) is 1.60. The second-order valence-corrected chi connectivity index (χ2v) is 8.27. The fourth-order valence-electron chi connectivity index (χ4n) is 3.99. The number of pyridine rings is 1. The van der Waals surface area contributed by atoms with E-state index in [0.717, 1.165) is 46.7 Å². The van der Waals surface area contributed by atoms with Crippen molar-refractivity contribution in [2.45, 2.75) is 26.3 Å². The molecule has 0 spiro atoms.